The molecule has 0 bridgehead atoms. The predicted octanol–water partition coefficient (Wildman–Crippen LogP) is 3.96. The van der Waals surface area contributed by atoms with Crippen LogP contribution in [0.3, 0.4) is 0 Å². The summed E-state index contributed by atoms with van der Waals surface area (Å²) in [4.78, 5) is 13.3. The molecule has 0 fully saturated rings. The summed E-state index contributed by atoms with van der Waals surface area (Å²) in [5.41, 5.74) is 3.93. The van der Waals surface area contributed by atoms with Crippen LogP contribution in [0, 0.1) is 13.8 Å². The molecule has 5 heteroatoms. The molecule has 100 valence electrons. The Kier molecular flexibility index (Phi) is 3.43. The Hall–Kier alpha value is -2.27. The maximum atomic E-state index is 4.54. The first-order valence-corrected chi connectivity index (χ1v) is 7.18. The van der Waals surface area contributed by atoms with Crippen LogP contribution < -0.4 is 5.32 Å². The summed E-state index contributed by atoms with van der Waals surface area (Å²) < 4.78 is 0. The van der Waals surface area contributed by atoms with Crippen LogP contribution in [-0.2, 0) is 0 Å². The summed E-state index contributed by atoms with van der Waals surface area (Å²) in [6.45, 7) is 4.04. The van der Waals surface area contributed by atoms with E-state index in [-0.39, 0.29) is 0 Å². The molecule has 0 aliphatic heterocycles. The van der Waals surface area contributed by atoms with Crippen molar-refractivity contribution >= 4 is 22.3 Å². The van der Waals surface area contributed by atoms with Gasteiger partial charge in [-0.05, 0) is 43.7 Å². The average molecular weight is 282 g/mol. The topological polar surface area (TPSA) is 50.7 Å². The third-order valence-corrected chi connectivity index (χ3v) is 3.52. The van der Waals surface area contributed by atoms with Gasteiger partial charge in [-0.25, -0.2) is 9.97 Å². The largest absolute Gasteiger partial charge is 0.316 e. The van der Waals surface area contributed by atoms with Gasteiger partial charge >= 0.3 is 0 Å². The molecule has 1 N–H and O–H groups in total. The normalized spacial score (nSPS) is 10.5. The molecular weight excluding hydrogens is 268 g/mol. The number of hydrogen-bond acceptors (Lipinski definition) is 5. The molecule has 3 rings (SSSR count). The van der Waals surface area contributed by atoms with Crippen LogP contribution in [0.15, 0.2) is 41.9 Å². The van der Waals surface area contributed by atoms with Crippen LogP contribution in [-0.4, -0.2) is 15.0 Å². The molecule has 0 radical (unpaired) electrons. The van der Waals surface area contributed by atoms with E-state index in [4.69, 9.17) is 0 Å². The molecule has 0 aliphatic carbocycles. The number of rotatable bonds is 3. The summed E-state index contributed by atoms with van der Waals surface area (Å²) in [6.07, 6.45) is 1.77. The zero-order valence-electron chi connectivity index (χ0n) is 11.3. The summed E-state index contributed by atoms with van der Waals surface area (Å²) in [5, 5.41) is 6.06. The first kappa shape index (κ1) is 12.7. The Morgan fingerprint density at radius 1 is 1.05 bits per heavy atom. The highest BCUT2D eigenvalue weighted by Gasteiger charge is 2.06. The van der Waals surface area contributed by atoms with Gasteiger partial charge in [-0.1, -0.05) is 6.07 Å². The van der Waals surface area contributed by atoms with Crippen LogP contribution >= 0.6 is 11.3 Å². The molecule has 0 aliphatic rings. The van der Waals surface area contributed by atoms with Crippen molar-refractivity contribution in [2.45, 2.75) is 13.8 Å². The van der Waals surface area contributed by atoms with Gasteiger partial charge in [0.1, 0.15) is 11.5 Å². The number of aromatic nitrogens is 3. The van der Waals surface area contributed by atoms with E-state index in [1.807, 2.05) is 42.6 Å². The van der Waals surface area contributed by atoms with Crippen LogP contribution in [0.25, 0.3) is 11.4 Å². The van der Waals surface area contributed by atoms with Gasteiger partial charge < -0.3 is 5.32 Å². The summed E-state index contributed by atoms with van der Waals surface area (Å²) in [6, 6.07) is 9.86. The second-order valence-electron chi connectivity index (χ2n) is 4.55. The van der Waals surface area contributed by atoms with E-state index < -0.39 is 0 Å². The Bertz CT molecular complexity index is 701. The van der Waals surface area contributed by atoms with E-state index in [1.54, 1.807) is 17.5 Å². The van der Waals surface area contributed by atoms with E-state index in [9.17, 15) is 0 Å². The van der Waals surface area contributed by atoms with Crippen LogP contribution in [0.4, 0.5) is 10.9 Å². The highest BCUT2D eigenvalue weighted by Crippen LogP contribution is 2.25. The van der Waals surface area contributed by atoms with Gasteiger partial charge in [-0.2, -0.15) is 0 Å². The van der Waals surface area contributed by atoms with Gasteiger partial charge in [0.05, 0.1) is 5.69 Å². The van der Waals surface area contributed by atoms with Gasteiger partial charge in [0.15, 0.2) is 5.13 Å². The molecule has 20 heavy (non-hydrogen) atoms. The quantitative estimate of drug-likeness (QED) is 0.790. The lowest BCUT2D eigenvalue weighted by molar-refractivity contribution is 1.17. The number of aryl methyl sites for hydroxylation is 2. The highest BCUT2D eigenvalue weighted by atomic mass is 32.1. The SMILES string of the molecule is Cc1cc(C)nc(Nc2nc(-c3ccccn3)cs2)c1. The maximum absolute atomic E-state index is 4.54. The summed E-state index contributed by atoms with van der Waals surface area (Å²) >= 11 is 1.55. The fraction of sp³-hybridized carbons (Fsp3) is 0.133. The highest BCUT2D eigenvalue weighted by molar-refractivity contribution is 7.14. The summed E-state index contributed by atoms with van der Waals surface area (Å²) in [5.74, 6) is 0.824. The van der Waals surface area contributed by atoms with Crippen molar-refractivity contribution in [2.75, 3.05) is 5.32 Å². The van der Waals surface area contributed by atoms with Crippen molar-refractivity contribution in [2.24, 2.45) is 0 Å². The fourth-order valence-electron chi connectivity index (χ4n) is 1.98. The smallest absolute Gasteiger partial charge is 0.188 e. The van der Waals surface area contributed by atoms with Gasteiger partial charge in [0.25, 0.3) is 0 Å². The van der Waals surface area contributed by atoms with Gasteiger partial charge in [0.2, 0.25) is 0 Å². The third-order valence-electron chi connectivity index (χ3n) is 2.76. The van der Waals surface area contributed by atoms with E-state index >= 15 is 0 Å². The molecule has 0 unspecified atom stereocenters. The van der Waals surface area contributed by atoms with Crippen molar-refractivity contribution in [1.82, 2.24) is 15.0 Å². The number of hydrogen-bond donors (Lipinski definition) is 1. The number of anilines is 2. The van der Waals surface area contributed by atoms with Gasteiger partial charge in [-0.3, -0.25) is 4.98 Å². The molecule has 0 saturated carbocycles. The fourth-order valence-corrected chi connectivity index (χ4v) is 2.69. The molecule has 0 aromatic carbocycles. The minimum absolute atomic E-state index is 0.822. The van der Waals surface area contributed by atoms with E-state index in [2.05, 4.69) is 27.2 Å². The lowest BCUT2D eigenvalue weighted by Gasteiger charge is -2.04. The first-order chi connectivity index (χ1) is 9.70. The number of thiazole rings is 1. The van der Waals surface area contributed by atoms with E-state index in [0.717, 1.165) is 28.0 Å². The van der Waals surface area contributed by atoms with Gasteiger partial charge in [-0.15, -0.1) is 11.3 Å². The molecule has 3 aromatic rings. The van der Waals surface area contributed by atoms with E-state index in [0.29, 0.717) is 0 Å². The molecule has 0 amide bonds. The Labute approximate surface area is 121 Å². The Balaban J connectivity index is 1.84. The van der Waals surface area contributed by atoms with Gasteiger partial charge in [0, 0.05) is 17.3 Å². The summed E-state index contributed by atoms with van der Waals surface area (Å²) in [7, 11) is 0. The minimum Gasteiger partial charge on any atom is -0.316 e. The lowest BCUT2D eigenvalue weighted by atomic mass is 10.2. The molecule has 0 spiro atoms. The molecule has 3 aromatic heterocycles. The standard InChI is InChI=1S/C15H14N4S/c1-10-7-11(2)17-14(8-10)19-15-18-13(9-20-15)12-5-3-4-6-16-12/h3-9H,1-2H3,(H,17,18,19). The zero-order valence-corrected chi connectivity index (χ0v) is 12.1. The monoisotopic (exact) mass is 282 g/mol. The average Bonchev–Trinajstić information content (AvgIpc) is 2.87. The predicted molar refractivity (Wildman–Crippen MR) is 82.3 cm³/mol. The third kappa shape index (κ3) is 2.83. The van der Waals surface area contributed by atoms with Crippen molar-refractivity contribution < 1.29 is 0 Å². The van der Waals surface area contributed by atoms with Crippen LogP contribution in [0.5, 0.6) is 0 Å². The van der Waals surface area contributed by atoms with Crippen molar-refractivity contribution in [3.63, 3.8) is 0 Å². The molecule has 0 saturated heterocycles. The van der Waals surface area contributed by atoms with Crippen LogP contribution in [0.1, 0.15) is 11.3 Å². The molecule has 3 heterocycles. The van der Waals surface area contributed by atoms with Crippen LogP contribution in [0.2, 0.25) is 0 Å². The molecule has 0 atom stereocenters. The van der Waals surface area contributed by atoms with E-state index in [1.165, 1.54) is 5.56 Å². The van der Waals surface area contributed by atoms with Crippen molar-refractivity contribution in [1.29, 1.82) is 0 Å². The second kappa shape index (κ2) is 5.38. The molecular formula is C15H14N4S. The van der Waals surface area contributed by atoms with Crippen molar-refractivity contribution in [3.05, 3.63) is 53.2 Å². The zero-order chi connectivity index (χ0) is 13.9. The Morgan fingerprint density at radius 3 is 2.70 bits per heavy atom. The first-order valence-electron chi connectivity index (χ1n) is 6.30. The molecule has 4 nitrogen and oxygen atoms in total. The number of pyridine rings is 2. The number of nitrogens with one attached hydrogen (secondary N) is 1. The lowest BCUT2D eigenvalue weighted by Crippen LogP contribution is -1.95. The minimum atomic E-state index is 0.822. The van der Waals surface area contributed by atoms with Crippen molar-refractivity contribution in [3.8, 4) is 11.4 Å². The maximum Gasteiger partial charge on any atom is 0.188 e. The Morgan fingerprint density at radius 2 is 1.95 bits per heavy atom. The number of nitrogens with zero attached hydrogens (tertiary/aromatic N) is 3. The second-order valence-corrected chi connectivity index (χ2v) is 5.41.